The molecule has 0 bridgehead atoms. The highest BCUT2D eigenvalue weighted by Gasteiger charge is 2.12. The smallest absolute Gasteiger partial charge is 0.236 e. The number of hydrogen-bond acceptors (Lipinski definition) is 3. The lowest BCUT2D eigenvalue weighted by Gasteiger charge is -2.25. The third-order valence-corrected chi connectivity index (χ3v) is 3.13. The molecule has 1 amide bonds. The van der Waals surface area contributed by atoms with Crippen molar-refractivity contribution in [2.45, 2.75) is 19.8 Å². The van der Waals surface area contributed by atoms with E-state index in [-0.39, 0.29) is 12.5 Å². The molecular formula is C13H19N3O. The fraction of sp³-hybridized carbons (Fsp3) is 0.462. The highest BCUT2D eigenvalue weighted by atomic mass is 16.1. The van der Waals surface area contributed by atoms with Gasteiger partial charge in [0, 0.05) is 24.5 Å². The molecular weight excluding hydrogens is 214 g/mol. The van der Waals surface area contributed by atoms with Crippen LogP contribution in [-0.4, -0.2) is 25.5 Å². The zero-order chi connectivity index (χ0) is 12.3. The first-order chi connectivity index (χ1) is 8.20. The van der Waals surface area contributed by atoms with Crippen LogP contribution < -0.4 is 16.0 Å². The molecule has 3 N–H and O–H groups in total. The summed E-state index contributed by atoms with van der Waals surface area (Å²) in [6, 6.07) is 6.32. The van der Waals surface area contributed by atoms with E-state index >= 15 is 0 Å². The van der Waals surface area contributed by atoms with E-state index in [1.54, 1.807) is 0 Å². The number of nitrogens with two attached hydrogens (primary N) is 1. The minimum atomic E-state index is -0.294. The molecule has 1 aliphatic rings. The van der Waals surface area contributed by atoms with Crippen molar-refractivity contribution in [3.63, 3.8) is 0 Å². The maximum Gasteiger partial charge on any atom is 0.236 e. The van der Waals surface area contributed by atoms with Crippen LogP contribution in [0.15, 0.2) is 18.2 Å². The Kier molecular flexibility index (Phi) is 3.52. The number of fused-ring (bicyclic) bond motifs is 1. The van der Waals surface area contributed by atoms with Gasteiger partial charge in [0.05, 0.1) is 6.54 Å². The number of nitrogens with one attached hydrogen (secondary N) is 1. The van der Waals surface area contributed by atoms with Gasteiger partial charge in [-0.3, -0.25) is 4.79 Å². The van der Waals surface area contributed by atoms with Crippen LogP contribution in [-0.2, 0) is 11.2 Å². The quantitative estimate of drug-likeness (QED) is 0.825. The van der Waals surface area contributed by atoms with Crippen molar-refractivity contribution in [1.29, 1.82) is 0 Å². The van der Waals surface area contributed by atoms with Crippen LogP contribution in [0.1, 0.15) is 18.9 Å². The van der Waals surface area contributed by atoms with Crippen LogP contribution in [0.5, 0.6) is 0 Å². The maximum atomic E-state index is 11.0. The van der Waals surface area contributed by atoms with Gasteiger partial charge in [0.25, 0.3) is 0 Å². The second-order valence-electron chi connectivity index (χ2n) is 4.35. The van der Waals surface area contributed by atoms with Crippen molar-refractivity contribution >= 4 is 17.3 Å². The molecule has 0 aliphatic carbocycles. The molecule has 4 heteroatoms. The molecule has 0 saturated carbocycles. The van der Waals surface area contributed by atoms with Crippen LogP contribution in [0.2, 0.25) is 0 Å². The van der Waals surface area contributed by atoms with Crippen LogP contribution in [0, 0.1) is 0 Å². The summed E-state index contributed by atoms with van der Waals surface area (Å²) in [6.07, 6.45) is 2.32. The normalized spacial score (nSPS) is 13.7. The summed E-state index contributed by atoms with van der Waals surface area (Å²) in [5.74, 6) is -0.294. The summed E-state index contributed by atoms with van der Waals surface area (Å²) in [7, 11) is 0. The average molecular weight is 233 g/mol. The second-order valence-corrected chi connectivity index (χ2v) is 4.35. The van der Waals surface area contributed by atoms with Gasteiger partial charge in [-0.25, -0.2) is 0 Å². The number of carbonyl (C=O) groups excluding carboxylic acids is 1. The van der Waals surface area contributed by atoms with Crippen LogP contribution in [0.25, 0.3) is 0 Å². The van der Waals surface area contributed by atoms with E-state index in [1.807, 2.05) is 11.8 Å². The van der Waals surface area contributed by atoms with Crippen molar-refractivity contribution in [2.75, 3.05) is 29.9 Å². The van der Waals surface area contributed by atoms with Crippen molar-refractivity contribution in [3.05, 3.63) is 23.8 Å². The standard InChI is InChI=1S/C13H19N3O/c1-2-16(9-13(14)17)11-6-5-10-4-3-7-15-12(10)8-11/h5-6,8,15H,2-4,7,9H2,1H3,(H2,14,17). The number of amides is 1. The molecule has 0 unspecified atom stereocenters. The summed E-state index contributed by atoms with van der Waals surface area (Å²) in [4.78, 5) is 13.0. The van der Waals surface area contributed by atoms with E-state index in [2.05, 4.69) is 23.5 Å². The minimum absolute atomic E-state index is 0.273. The average Bonchev–Trinajstić information content (AvgIpc) is 2.35. The maximum absolute atomic E-state index is 11.0. The Hall–Kier alpha value is -1.71. The first-order valence-electron chi connectivity index (χ1n) is 6.10. The third-order valence-electron chi connectivity index (χ3n) is 3.13. The fourth-order valence-electron chi connectivity index (χ4n) is 2.22. The molecule has 1 aromatic carbocycles. The number of likely N-dealkylation sites (N-methyl/N-ethyl adjacent to an activating group) is 1. The summed E-state index contributed by atoms with van der Waals surface area (Å²) < 4.78 is 0. The summed E-state index contributed by atoms with van der Waals surface area (Å²) in [5.41, 5.74) is 8.85. The SMILES string of the molecule is CCN(CC(N)=O)c1ccc2c(c1)NCCC2. The number of aryl methyl sites for hydroxylation is 1. The highest BCUT2D eigenvalue weighted by Crippen LogP contribution is 2.27. The molecule has 17 heavy (non-hydrogen) atoms. The van der Waals surface area contributed by atoms with E-state index in [0.29, 0.717) is 0 Å². The van der Waals surface area contributed by atoms with E-state index in [4.69, 9.17) is 5.73 Å². The second kappa shape index (κ2) is 5.08. The first-order valence-corrected chi connectivity index (χ1v) is 6.10. The Morgan fingerprint density at radius 1 is 1.53 bits per heavy atom. The zero-order valence-electron chi connectivity index (χ0n) is 10.2. The lowest BCUT2D eigenvalue weighted by Crippen LogP contribution is -2.33. The molecule has 1 aromatic rings. The largest absolute Gasteiger partial charge is 0.385 e. The molecule has 0 atom stereocenters. The number of rotatable bonds is 4. The number of nitrogens with zero attached hydrogens (tertiary/aromatic N) is 1. The minimum Gasteiger partial charge on any atom is -0.385 e. The predicted octanol–water partition coefficient (Wildman–Crippen LogP) is 1.36. The van der Waals surface area contributed by atoms with Crippen LogP contribution in [0.3, 0.4) is 0 Å². The van der Waals surface area contributed by atoms with Gasteiger partial charge >= 0.3 is 0 Å². The van der Waals surface area contributed by atoms with Crippen molar-refractivity contribution in [1.82, 2.24) is 0 Å². The van der Waals surface area contributed by atoms with Crippen molar-refractivity contribution in [2.24, 2.45) is 5.73 Å². The van der Waals surface area contributed by atoms with E-state index in [9.17, 15) is 4.79 Å². The Balaban J connectivity index is 2.22. The molecule has 2 rings (SSSR count). The Bertz CT molecular complexity index is 417. The monoisotopic (exact) mass is 233 g/mol. The van der Waals surface area contributed by atoms with Gasteiger partial charge in [-0.15, -0.1) is 0 Å². The van der Waals surface area contributed by atoms with Gasteiger partial charge < -0.3 is 16.0 Å². The third kappa shape index (κ3) is 2.70. The topological polar surface area (TPSA) is 58.4 Å². The molecule has 0 aromatic heterocycles. The highest BCUT2D eigenvalue weighted by molar-refractivity contribution is 5.80. The summed E-state index contributed by atoms with van der Waals surface area (Å²) in [6.45, 7) is 4.10. The van der Waals surface area contributed by atoms with Crippen molar-refractivity contribution in [3.8, 4) is 0 Å². The Morgan fingerprint density at radius 3 is 3.06 bits per heavy atom. The molecule has 1 heterocycles. The Labute approximate surface area is 102 Å². The van der Waals surface area contributed by atoms with Gasteiger partial charge in [-0.1, -0.05) is 6.07 Å². The molecule has 0 spiro atoms. The lowest BCUT2D eigenvalue weighted by atomic mass is 10.0. The predicted molar refractivity (Wildman–Crippen MR) is 70.3 cm³/mol. The molecule has 0 saturated heterocycles. The molecule has 4 nitrogen and oxygen atoms in total. The molecule has 92 valence electrons. The first kappa shape index (κ1) is 11.8. The van der Waals surface area contributed by atoms with Gasteiger partial charge in [0.1, 0.15) is 0 Å². The van der Waals surface area contributed by atoms with Crippen molar-refractivity contribution < 1.29 is 4.79 Å². The molecule has 0 fully saturated rings. The number of anilines is 2. The van der Waals surface area contributed by atoms with E-state index in [0.717, 1.165) is 25.2 Å². The summed E-state index contributed by atoms with van der Waals surface area (Å²) in [5, 5.41) is 3.39. The van der Waals surface area contributed by atoms with E-state index < -0.39 is 0 Å². The number of benzene rings is 1. The lowest BCUT2D eigenvalue weighted by molar-refractivity contribution is -0.116. The molecule has 1 aliphatic heterocycles. The number of hydrogen-bond donors (Lipinski definition) is 2. The Morgan fingerprint density at radius 2 is 2.35 bits per heavy atom. The fourth-order valence-corrected chi connectivity index (χ4v) is 2.22. The van der Waals surface area contributed by atoms with Gasteiger partial charge in [-0.2, -0.15) is 0 Å². The van der Waals surface area contributed by atoms with Gasteiger partial charge in [0.15, 0.2) is 0 Å². The zero-order valence-corrected chi connectivity index (χ0v) is 10.2. The van der Waals surface area contributed by atoms with Crippen LogP contribution in [0.4, 0.5) is 11.4 Å². The number of primary amides is 1. The van der Waals surface area contributed by atoms with E-state index in [1.165, 1.54) is 17.7 Å². The molecule has 0 radical (unpaired) electrons. The van der Waals surface area contributed by atoms with Gasteiger partial charge in [-0.05, 0) is 37.5 Å². The van der Waals surface area contributed by atoms with Crippen LogP contribution >= 0.6 is 0 Å². The van der Waals surface area contributed by atoms with Gasteiger partial charge in [0.2, 0.25) is 5.91 Å². The number of carbonyl (C=O) groups is 1. The summed E-state index contributed by atoms with van der Waals surface area (Å²) >= 11 is 0.